The zero-order valence-electron chi connectivity index (χ0n) is 18.0. The lowest BCUT2D eigenvalue weighted by molar-refractivity contribution is 0.0919. The first-order valence-corrected chi connectivity index (χ1v) is 10.4. The molecule has 3 unspecified atom stereocenters. The van der Waals surface area contributed by atoms with Crippen LogP contribution in [0.2, 0.25) is 0 Å². The van der Waals surface area contributed by atoms with Crippen LogP contribution in [0.1, 0.15) is 60.6 Å². The summed E-state index contributed by atoms with van der Waals surface area (Å²) in [6.07, 6.45) is 5.65. The van der Waals surface area contributed by atoms with E-state index in [0.717, 1.165) is 17.7 Å². The van der Waals surface area contributed by atoms with E-state index in [0.29, 0.717) is 11.8 Å². The Morgan fingerprint density at radius 1 is 1.10 bits per heavy atom. The topological polar surface area (TPSA) is 44.4 Å². The van der Waals surface area contributed by atoms with Gasteiger partial charge >= 0.3 is 0 Å². The number of hydrogen-bond donors (Lipinski definition) is 2. The van der Waals surface area contributed by atoms with Crippen molar-refractivity contribution in [1.82, 2.24) is 5.32 Å². The molecule has 0 saturated carbocycles. The standard InChI is InChI=1S/C25H31N3O/c1-25(2,3)27-24(29)17-11-14-22-21(15-17)19-7-6-8-20(19)23(26-22)16-9-12-18(13-10-16)28(4)5/h6-7,9-15,19-20,23,26H,8H2,1-5H3,(H,27,29). The lowest BCUT2D eigenvalue weighted by Crippen LogP contribution is -2.40. The number of anilines is 2. The summed E-state index contributed by atoms with van der Waals surface area (Å²) >= 11 is 0. The highest BCUT2D eigenvalue weighted by molar-refractivity contribution is 5.95. The largest absolute Gasteiger partial charge is 0.378 e. The van der Waals surface area contributed by atoms with E-state index >= 15 is 0 Å². The van der Waals surface area contributed by atoms with Crippen LogP contribution in [0.15, 0.2) is 54.6 Å². The predicted molar refractivity (Wildman–Crippen MR) is 121 cm³/mol. The van der Waals surface area contributed by atoms with E-state index in [1.54, 1.807) is 0 Å². The summed E-state index contributed by atoms with van der Waals surface area (Å²) in [5.41, 5.74) is 5.37. The monoisotopic (exact) mass is 389 g/mol. The van der Waals surface area contributed by atoms with Gasteiger partial charge in [0.15, 0.2) is 0 Å². The number of hydrogen-bond acceptors (Lipinski definition) is 3. The predicted octanol–water partition coefficient (Wildman–Crippen LogP) is 5.11. The third-order valence-corrected chi connectivity index (χ3v) is 5.88. The summed E-state index contributed by atoms with van der Waals surface area (Å²) in [6.45, 7) is 6.02. The second-order valence-corrected chi connectivity index (χ2v) is 9.47. The molecular weight excluding hydrogens is 358 g/mol. The van der Waals surface area contributed by atoms with E-state index in [9.17, 15) is 4.79 Å². The quantitative estimate of drug-likeness (QED) is 0.717. The summed E-state index contributed by atoms with van der Waals surface area (Å²) in [5.74, 6) is 0.793. The number of rotatable bonds is 3. The SMILES string of the molecule is CN(C)c1ccc(C2Nc3ccc(C(=O)NC(C)(C)C)cc3C3C=CCC32)cc1. The molecule has 2 N–H and O–H groups in total. The summed E-state index contributed by atoms with van der Waals surface area (Å²) in [6, 6.07) is 15.2. The number of fused-ring (bicyclic) bond motifs is 3. The van der Waals surface area contributed by atoms with Gasteiger partial charge in [0.05, 0.1) is 6.04 Å². The van der Waals surface area contributed by atoms with Crippen LogP contribution < -0.4 is 15.5 Å². The van der Waals surface area contributed by atoms with Crippen LogP contribution >= 0.6 is 0 Å². The van der Waals surface area contributed by atoms with Gasteiger partial charge < -0.3 is 15.5 Å². The normalized spacial score (nSPS) is 22.4. The van der Waals surface area contributed by atoms with Gasteiger partial charge in [0.25, 0.3) is 5.91 Å². The second-order valence-electron chi connectivity index (χ2n) is 9.47. The molecule has 1 aliphatic heterocycles. The highest BCUT2D eigenvalue weighted by atomic mass is 16.1. The van der Waals surface area contributed by atoms with Crippen LogP contribution in [0.4, 0.5) is 11.4 Å². The molecular formula is C25H31N3O. The Kier molecular flexibility index (Phi) is 4.89. The Labute approximate surface area is 174 Å². The van der Waals surface area contributed by atoms with Crippen molar-refractivity contribution in [1.29, 1.82) is 0 Å². The fourth-order valence-corrected chi connectivity index (χ4v) is 4.46. The molecule has 1 amide bonds. The molecule has 152 valence electrons. The summed E-state index contributed by atoms with van der Waals surface area (Å²) in [7, 11) is 4.13. The van der Waals surface area contributed by atoms with Gasteiger partial charge in [0, 0.05) is 42.5 Å². The van der Waals surface area contributed by atoms with Gasteiger partial charge in [-0.15, -0.1) is 0 Å². The third kappa shape index (κ3) is 3.89. The molecule has 0 spiro atoms. The molecule has 0 bridgehead atoms. The maximum absolute atomic E-state index is 12.7. The molecule has 2 aromatic rings. The van der Waals surface area contributed by atoms with Gasteiger partial charge in [0.2, 0.25) is 0 Å². The van der Waals surface area contributed by atoms with Gasteiger partial charge in [-0.3, -0.25) is 4.79 Å². The summed E-state index contributed by atoms with van der Waals surface area (Å²) in [5, 5.41) is 6.83. The van der Waals surface area contributed by atoms with E-state index in [4.69, 9.17) is 0 Å². The molecule has 0 fully saturated rings. The molecule has 4 heteroatoms. The Hall–Kier alpha value is -2.75. The number of amides is 1. The number of carbonyl (C=O) groups is 1. The number of allylic oxidation sites excluding steroid dienone is 2. The first-order valence-electron chi connectivity index (χ1n) is 10.4. The fourth-order valence-electron chi connectivity index (χ4n) is 4.46. The van der Waals surface area contributed by atoms with Crippen LogP contribution in [-0.2, 0) is 0 Å². The smallest absolute Gasteiger partial charge is 0.251 e. The maximum Gasteiger partial charge on any atom is 0.251 e. The Morgan fingerprint density at radius 3 is 2.48 bits per heavy atom. The molecule has 1 heterocycles. The van der Waals surface area contributed by atoms with Gasteiger partial charge in [-0.05, 0) is 74.6 Å². The first-order chi connectivity index (χ1) is 13.7. The molecule has 29 heavy (non-hydrogen) atoms. The molecule has 0 saturated heterocycles. The Morgan fingerprint density at radius 2 is 1.83 bits per heavy atom. The molecule has 2 aromatic carbocycles. The van der Waals surface area contributed by atoms with E-state index in [-0.39, 0.29) is 17.5 Å². The number of benzene rings is 2. The molecule has 2 aliphatic rings. The average molecular weight is 390 g/mol. The maximum atomic E-state index is 12.7. The van der Waals surface area contributed by atoms with E-state index < -0.39 is 0 Å². The van der Waals surface area contributed by atoms with Gasteiger partial charge in [0.1, 0.15) is 0 Å². The van der Waals surface area contributed by atoms with Crippen molar-refractivity contribution >= 4 is 17.3 Å². The molecule has 0 radical (unpaired) electrons. The van der Waals surface area contributed by atoms with E-state index in [2.05, 4.69) is 78.2 Å². The molecule has 4 nitrogen and oxygen atoms in total. The van der Waals surface area contributed by atoms with Gasteiger partial charge in [-0.2, -0.15) is 0 Å². The van der Waals surface area contributed by atoms with Crippen LogP contribution in [0, 0.1) is 5.92 Å². The molecule has 3 atom stereocenters. The minimum absolute atomic E-state index is 0.0137. The van der Waals surface area contributed by atoms with Crippen LogP contribution in [0.3, 0.4) is 0 Å². The van der Waals surface area contributed by atoms with Crippen molar-refractivity contribution in [3.05, 3.63) is 71.3 Å². The molecule has 0 aromatic heterocycles. The minimum Gasteiger partial charge on any atom is -0.378 e. The third-order valence-electron chi connectivity index (χ3n) is 5.88. The average Bonchev–Trinajstić information content (AvgIpc) is 3.16. The van der Waals surface area contributed by atoms with Crippen molar-refractivity contribution in [2.24, 2.45) is 5.92 Å². The van der Waals surface area contributed by atoms with Crippen molar-refractivity contribution in [3.8, 4) is 0 Å². The first kappa shape index (κ1) is 19.6. The number of nitrogens with zero attached hydrogens (tertiary/aromatic N) is 1. The minimum atomic E-state index is -0.245. The van der Waals surface area contributed by atoms with Crippen LogP contribution in [0.5, 0.6) is 0 Å². The Balaban J connectivity index is 1.64. The lowest BCUT2D eigenvalue weighted by Gasteiger charge is -2.38. The van der Waals surface area contributed by atoms with Gasteiger partial charge in [-0.25, -0.2) is 0 Å². The van der Waals surface area contributed by atoms with Crippen molar-refractivity contribution in [2.75, 3.05) is 24.3 Å². The number of nitrogens with one attached hydrogen (secondary N) is 2. The second kappa shape index (κ2) is 7.25. The van der Waals surface area contributed by atoms with E-state index in [1.165, 1.54) is 16.8 Å². The van der Waals surface area contributed by atoms with Crippen LogP contribution in [0.25, 0.3) is 0 Å². The lowest BCUT2D eigenvalue weighted by atomic mass is 9.76. The highest BCUT2D eigenvalue weighted by Crippen LogP contribution is 2.50. The zero-order chi connectivity index (χ0) is 20.8. The number of carbonyl (C=O) groups excluding carboxylic acids is 1. The van der Waals surface area contributed by atoms with Crippen molar-refractivity contribution in [3.63, 3.8) is 0 Å². The van der Waals surface area contributed by atoms with E-state index in [1.807, 2.05) is 26.8 Å². The Bertz CT molecular complexity index is 938. The highest BCUT2D eigenvalue weighted by Gasteiger charge is 2.38. The summed E-state index contributed by atoms with van der Waals surface area (Å²) in [4.78, 5) is 14.8. The van der Waals surface area contributed by atoms with Crippen molar-refractivity contribution in [2.45, 2.75) is 44.7 Å². The molecule has 4 rings (SSSR count). The summed E-state index contributed by atoms with van der Waals surface area (Å²) < 4.78 is 0. The van der Waals surface area contributed by atoms with Gasteiger partial charge in [-0.1, -0.05) is 24.3 Å². The van der Waals surface area contributed by atoms with Crippen LogP contribution in [-0.4, -0.2) is 25.5 Å². The fraction of sp³-hybridized carbons (Fsp3) is 0.400. The molecule has 1 aliphatic carbocycles. The van der Waals surface area contributed by atoms with Crippen molar-refractivity contribution < 1.29 is 4.79 Å². The zero-order valence-corrected chi connectivity index (χ0v) is 18.0.